The molecule has 118 valence electrons. The second kappa shape index (κ2) is 6.47. The molecule has 1 saturated heterocycles. The Morgan fingerprint density at radius 3 is 2.76 bits per heavy atom. The third kappa shape index (κ3) is 4.14. The summed E-state index contributed by atoms with van der Waals surface area (Å²) in [5.74, 6) is 0. The molecule has 2 heterocycles. The van der Waals surface area contributed by atoms with Gasteiger partial charge < -0.3 is 9.84 Å². The third-order valence-corrected chi connectivity index (χ3v) is 5.99. The Morgan fingerprint density at radius 2 is 2.14 bits per heavy atom. The maximum Gasteiger partial charge on any atom is 0.243 e. The zero-order valence-electron chi connectivity index (χ0n) is 11.4. The minimum absolute atomic E-state index is 0.0792. The van der Waals surface area contributed by atoms with E-state index in [-0.39, 0.29) is 16.6 Å². The van der Waals surface area contributed by atoms with Crippen LogP contribution in [0.1, 0.15) is 18.4 Å². The molecular weight excluding hydrogens is 384 g/mol. The average molecular weight is 400 g/mol. The molecule has 1 aromatic heterocycles. The molecule has 2 rings (SSSR count). The summed E-state index contributed by atoms with van der Waals surface area (Å²) in [7, 11) is -3.83. The Kier molecular flexibility index (Phi) is 5.27. The van der Waals surface area contributed by atoms with Crippen LogP contribution in [0.25, 0.3) is 0 Å². The van der Waals surface area contributed by atoms with Crippen LogP contribution >= 0.6 is 27.5 Å². The van der Waals surface area contributed by atoms with E-state index in [0.717, 1.165) is 0 Å². The molecule has 1 aliphatic heterocycles. The summed E-state index contributed by atoms with van der Waals surface area (Å²) >= 11 is 9.09. The first-order valence-corrected chi connectivity index (χ1v) is 9.01. The summed E-state index contributed by atoms with van der Waals surface area (Å²) in [6.45, 7) is 2.47. The smallest absolute Gasteiger partial charge is 0.243 e. The second-order valence-corrected chi connectivity index (χ2v) is 7.89. The maximum atomic E-state index is 12.3. The van der Waals surface area contributed by atoms with Crippen LogP contribution in [0.4, 0.5) is 0 Å². The predicted molar refractivity (Wildman–Crippen MR) is 81.9 cm³/mol. The number of hydrogen-bond donors (Lipinski definition) is 2. The van der Waals surface area contributed by atoms with E-state index in [1.807, 2.05) is 0 Å². The van der Waals surface area contributed by atoms with Crippen molar-refractivity contribution in [3.8, 4) is 0 Å². The largest absolute Gasteiger partial charge is 0.388 e. The maximum absolute atomic E-state index is 12.3. The van der Waals surface area contributed by atoms with Crippen LogP contribution in [-0.2, 0) is 14.8 Å². The Balaban J connectivity index is 2.17. The van der Waals surface area contributed by atoms with Crippen molar-refractivity contribution >= 4 is 37.6 Å². The highest BCUT2D eigenvalue weighted by atomic mass is 79.9. The lowest BCUT2D eigenvalue weighted by Crippen LogP contribution is -2.46. The van der Waals surface area contributed by atoms with Gasteiger partial charge in [0.25, 0.3) is 0 Å². The van der Waals surface area contributed by atoms with E-state index in [4.69, 9.17) is 16.3 Å². The minimum atomic E-state index is -3.83. The summed E-state index contributed by atoms with van der Waals surface area (Å²) in [4.78, 5) is 3.84. The van der Waals surface area contributed by atoms with Crippen LogP contribution in [0.3, 0.4) is 0 Å². The van der Waals surface area contributed by atoms with Gasteiger partial charge in [-0.1, -0.05) is 11.6 Å². The van der Waals surface area contributed by atoms with Crippen molar-refractivity contribution < 1.29 is 18.3 Å². The van der Waals surface area contributed by atoms with E-state index in [0.29, 0.717) is 36.2 Å². The molecule has 0 unspecified atom stereocenters. The predicted octanol–water partition coefficient (Wildman–Crippen LogP) is 1.63. The van der Waals surface area contributed by atoms with Gasteiger partial charge in [-0.2, -0.15) is 0 Å². The summed E-state index contributed by atoms with van der Waals surface area (Å²) in [6.07, 6.45) is 0.779. The lowest BCUT2D eigenvalue weighted by molar-refractivity contribution is -0.0588. The highest BCUT2D eigenvalue weighted by molar-refractivity contribution is 9.10. The molecule has 0 aliphatic carbocycles. The Labute approximate surface area is 137 Å². The van der Waals surface area contributed by atoms with Crippen molar-refractivity contribution in [3.63, 3.8) is 0 Å². The molecule has 1 fully saturated rings. The number of aliphatic hydroxyl groups is 1. The molecule has 21 heavy (non-hydrogen) atoms. The number of ether oxygens (including phenoxy) is 1. The van der Waals surface area contributed by atoms with Gasteiger partial charge in [-0.05, 0) is 34.5 Å². The second-order valence-electron chi connectivity index (χ2n) is 5.05. The Bertz CT molecular complexity index is 632. The first-order chi connectivity index (χ1) is 9.73. The van der Waals surface area contributed by atoms with Crippen LogP contribution in [0.15, 0.2) is 15.6 Å². The molecule has 1 aliphatic rings. The van der Waals surface area contributed by atoms with E-state index in [1.165, 1.54) is 6.07 Å². The van der Waals surface area contributed by atoms with Crippen LogP contribution in [0, 0.1) is 6.92 Å². The minimum Gasteiger partial charge on any atom is -0.388 e. The van der Waals surface area contributed by atoms with Gasteiger partial charge in [0, 0.05) is 32.6 Å². The van der Waals surface area contributed by atoms with E-state index < -0.39 is 15.6 Å². The normalized spacial score (nSPS) is 18.7. The summed E-state index contributed by atoms with van der Waals surface area (Å²) in [5, 5.41) is 10.2. The third-order valence-electron chi connectivity index (χ3n) is 3.38. The van der Waals surface area contributed by atoms with Gasteiger partial charge in [-0.15, -0.1) is 0 Å². The van der Waals surface area contributed by atoms with E-state index >= 15 is 0 Å². The number of rotatable bonds is 4. The van der Waals surface area contributed by atoms with Crippen molar-refractivity contribution in [2.45, 2.75) is 30.3 Å². The number of nitrogens with one attached hydrogen (secondary N) is 1. The quantitative estimate of drug-likeness (QED) is 0.751. The standard InChI is InChI=1S/C12H16BrClN2O4S/c1-8-6-9(11(14)16-10(8)13)21(18,19)15-7-12(17)2-4-20-5-3-12/h6,15,17H,2-5,7H2,1H3. The van der Waals surface area contributed by atoms with Crippen molar-refractivity contribution in [2.75, 3.05) is 19.8 Å². The highest BCUT2D eigenvalue weighted by Gasteiger charge is 2.32. The highest BCUT2D eigenvalue weighted by Crippen LogP contribution is 2.26. The molecule has 0 saturated carbocycles. The number of aryl methyl sites for hydroxylation is 1. The topological polar surface area (TPSA) is 88.5 Å². The van der Waals surface area contributed by atoms with Gasteiger partial charge in [0.2, 0.25) is 10.0 Å². The average Bonchev–Trinajstić information content (AvgIpc) is 2.42. The summed E-state index contributed by atoms with van der Waals surface area (Å²) in [6, 6.07) is 1.44. The number of sulfonamides is 1. The number of pyridine rings is 1. The molecule has 6 nitrogen and oxygen atoms in total. The number of hydrogen-bond acceptors (Lipinski definition) is 5. The number of nitrogens with zero attached hydrogens (tertiary/aromatic N) is 1. The molecule has 1 aromatic rings. The molecule has 9 heteroatoms. The Morgan fingerprint density at radius 1 is 1.52 bits per heavy atom. The van der Waals surface area contributed by atoms with Gasteiger partial charge in [-0.3, -0.25) is 0 Å². The van der Waals surface area contributed by atoms with Crippen molar-refractivity contribution in [3.05, 3.63) is 21.4 Å². The van der Waals surface area contributed by atoms with Gasteiger partial charge in [-0.25, -0.2) is 18.1 Å². The molecular formula is C12H16BrClN2O4S. The van der Waals surface area contributed by atoms with Crippen molar-refractivity contribution in [2.24, 2.45) is 0 Å². The van der Waals surface area contributed by atoms with Gasteiger partial charge in [0.15, 0.2) is 0 Å². The van der Waals surface area contributed by atoms with Gasteiger partial charge in [0.05, 0.1) is 5.60 Å². The van der Waals surface area contributed by atoms with Crippen LogP contribution < -0.4 is 4.72 Å². The van der Waals surface area contributed by atoms with Crippen molar-refractivity contribution in [1.82, 2.24) is 9.71 Å². The molecule has 0 amide bonds. The zero-order chi connectivity index (χ0) is 15.7. The van der Waals surface area contributed by atoms with Gasteiger partial charge >= 0.3 is 0 Å². The van der Waals surface area contributed by atoms with Crippen LogP contribution in [-0.4, -0.2) is 43.9 Å². The molecule has 0 aromatic carbocycles. The number of aromatic nitrogens is 1. The molecule has 0 radical (unpaired) electrons. The van der Waals surface area contributed by atoms with E-state index in [9.17, 15) is 13.5 Å². The molecule has 0 atom stereocenters. The lowest BCUT2D eigenvalue weighted by atomic mass is 9.95. The first-order valence-electron chi connectivity index (χ1n) is 6.36. The fourth-order valence-electron chi connectivity index (χ4n) is 1.97. The first kappa shape index (κ1) is 17.1. The zero-order valence-corrected chi connectivity index (χ0v) is 14.6. The van der Waals surface area contributed by atoms with Crippen LogP contribution in [0.5, 0.6) is 0 Å². The SMILES string of the molecule is Cc1cc(S(=O)(=O)NCC2(O)CCOCC2)c(Cl)nc1Br. The fraction of sp³-hybridized carbons (Fsp3) is 0.583. The lowest BCUT2D eigenvalue weighted by Gasteiger charge is -2.32. The number of halogens is 2. The van der Waals surface area contributed by atoms with Crippen molar-refractivity contribution in [1.29, 1.82) is 0 Å². The molecule has 0 spiro atoms. The summed E-state index contributed by atoms with van der Waals surface area (Å²) in [5.41, 5.74) is -0.431. The van der Waals surface area contributed by atoms with E-state index in [1.54, 1.807) is 6.92 Å². The monoisotopic (exact) mass is 398 g/mol. The van der Waals surface area contributed by atoms with Gasteiger partial charge in [0.1, 0.15) is 14.7 Å². The molecule has 2 N–H and O–H groups in total. The summed E-state index contributed by atoms with van der Waals surface area (Å²) < 4.78 is 32.7. The fourth-order valence-corrected chi connectivity index (χ4v) is 4.02. The van der Waals surface area contributed by atoms with E-state index in [2.05, 4.69) is 25.6 Å². The molecule has 0 bridgehead atoms. The van der Waals surface area contributed by atoms with Crippen LogP contribution in [0.2, 0.25) is 5.15 Å². The Hall–Kier alpha value is -0.250.